The van der Waals surface area contributed by atoms with Gasteiger partial charge in [0.15, 0.2) is 0 Å². The van der Waals surface area contributed by atoms with Gasteiger partial charge in [0.05, 0.1) is 6.54 Å². The summed E-state index contributed by atoms with van der Waals surface area (Å²) in [4.78, 5) is 18.2. The van der Waals surface area contributed by atoms with E-state index in [1.165, 1.54) is 10.5 Å². The van der Waals surface area contributed by atoms with Crippen LogP contribution < -0.4 is 0 Å². The fourth-order valence-corrected chi connectivity index (χ4v) is 2.47. The number of carbonyl (C=O) groups is 1. The summed E-state index contributed by atoms with van der Waals surface area (Å²) in [6, 6.07) is 15.9. The molecule has 0 aliphatic heterocycles. The highest BCUT2D eigenvalue weighted by Crippen LogP contribution is 2.17. The Morgan fingerprint density at radius 2 is 1.88 bits per heavy atom. The Morgan fingerprint density at radius 1 is 1.12 bits per heavy atom. The van der Waals surface area contributed by atoms with E-state index in [4.69, 9.17) is 4.52 Å². The summed E-state index contributed by atoms with van der Waals surface area (Å²) in [5.41, 5.74) is 4.19. The van der Waals surface area contributed by atoms with Gasteiger partial charge < -0.3 is 9.42 Å². The van der Waals surface area contributed by atoms with Crippen LogP contribution in [0.4, 0.5) is 0 Å². The first-order valence-corrected chi connectivity index (χ1v) is 8.41. The van der Waals surface area contributed by atoms with E-state index in [1.807, 2.05) is 62.4 Å². The number of rotatable bonds is 5. The van der Waals surface area contributed by atoms with Gasteiger partial charge in [0.2, 0.25) is 17.6 Å². The number of nitrogens with zero attached hydrogens (tertiary/aromatic N) is 3. The molecule has 3 rings (SSSR count). The van der Waals surface area contributed by atoms with Crippen LogP contribution in [0.1, 0.15) is 22.6 Å². The maximum Gasteiger partial charge on any atom is 0.246 e. The van der Waals surface area contributed by atoms with Gasteiger partial charge in [0.1, 0.15) is 0 Å². The smallest absolute Gasteiger partial charge is 0.246 e. The van der Waals surface area contributed by atoms with Crippen molar-refractivity contribution in [2.75, 3.05) is 7.05 Å². The summed E-state index contributed by atoms with van der Waals surface area (Å²) in [6.07, 6.45) is 3.34. The molecular formula is C21H21N3O2. The normalized spacial score (nSPS) is 11.0. The van der Waals surface area contributed by atoms with Crippen LogP contribution in [0.25, 0.3) is 17.5 Å². The molecule has 0 aliphatic rings. The lowest BCUT2D eigenvalue weighted by Crippen LogP contribution is -2.24. The van der Waals surface area contributed by atoms with Crippen LogP contribution in [0.15, 0.2) is 59.1 Å². The van der Waals surface area contributed by atoms with Gasteiger partial charge in [-0.25, -0.2) is 0 Å². The minimum atomic E-state index is -0.124. The summed E-state index contributed by atoms with van der Waals surface area (Å²) >= 11 is 0. The van der Waals surface area contributed by atoms with Gasteiger partial charge in [-0.05, 0) is 31.6 Å². The quantitative estimate of drug-likeness (QED) is 0.654. The van der Waals surface area contributed by atoms with Crippen LogP contribution in [0.5, 0.6) is 0 Å². The predicted molar refractivity (Wildman–Crippen MR) is 101 cm³/mol. The molecule has 2 aromatic carbocycles. The van der Waals surface area contributed by atoms with Crippen molar-refractivity contribution in [3.8, 4) is 11.4 Å². The molecule has 0 saturated heterocycles. The number of benzene rings is 2. The molecule has 0 fully saturated rings. The highest BCUT2D eigenvalue weighted by Gasteiger charge is 2.13. The van der Waals surface area contributed by atoms with Crippen molar-refractivity contribution in [1.82, 2.24) is 15.0 Å². The summed E-state index contributed by atoms with van der Waals surface area (Å²) in [5.74, 6) is 0.807. The standard InChI is InChI=1S/C21H21N3O2/c1-15-7-9-17(10-8-15)11-12-20(25)24(3)14-19-22-21(23-26-19)18-6-4-5-16(2)13-18/h4-13H,14H2,1-3H3. The lowest BCUT2D eigenvalue weighted by molar-refractivity contribution is -0.125. The molecule has 5 heteroatoms. The van der Waals surface area contributed by atoms with Crippen LogP contribution in [0.2, 0.25) is 0 Å². The van der Waals surface area contributed by atoms with Gasteiger partial charge in [-0.2, -0.15) is 4.98 Å². The van der Waals surface area contributed by atoms with Crippen molar-refractivity contribution in [2.24, 2.45) is 0 Å². The van der Waals surface area contributed by atoms with Crippen molar-refractivity contribution in [3.63, 3.8) is 0 Å². The summed E-state index contributed by atoms with van der Waals surface area (Å²) in [7, 11) is 1.71. The molecule has 1 amide bonds. The Hall–Kier alpha value is -3.21. The average Bonchev–Trinajstić information content (AvgIpc) is 3.09. The molecule has 1 heterocycles. The molecule has 0 radical (unpaired) electrons. The zero-order chi connectivity index (χ0) is 18.5. The number of hydrogen-bond acceptors (Lipinski definition) is 4. The molecule has 132 valence electrons. The maximum absolute atomic E-state index is 12.3. The van der Waals surface area contributed by atoms with E-state index in [2.05, 4.69) is 10.1 Å². The van der Waals surface area contributed by atoms with Crippen molar-refractivity contribution >= 4 is 12.0 Å². The van der Waals surface area contributed by atoms with Gasteiger partial charge in [-0.1, -0.05) is 58.7 Å². The molecule has 5 nitrogen and oxygen atoms in total. The number of hydrogen-bond donors (Lipinski definition) is 0. The van der Waals surface area contributed by atoms with E-state index in [-0.39, 0.29) is 12.5 Å². The number of amides is 1. The van der Waals surface area contributed by atoms with E-state index >= 15 is 0 Å². The third kappa shape index (κ3) is 4.45. The first kappa shape index (κ1) is 17.6. The first-order chi connectivity index (χ1) is 12.5. The van der Waals surface area contributed by atoms with Gasteiger partial charge in [-0.15, -0.1) is 0 Å². The Kier molecular flexibility index (Phi) is 5.27. The molecule has 1 aromatic heterocycles. The van der Waals surface area contributed by atoms with Crippen LogP contribution in [-0.2, 0) is 11.3 Å². The molecule has 26 heavy (non-hydrogen) atoms. The van der Waals surface area contributed by atoms with Crippen LogP contribution >= 0.6 is 0 Å². The van der Waals surface area contributed by atoms with Gasteiger partial charge in [-0.3, -0.25) is 4.79 Å². The number of aromatic nitrogens is 2. The fraction of sp³-hybridized carbons (Fsp3) is 0.190. The summed E-state index contributed by atoms with van der Waals surface area (Å²) in [6.45, 7) is 4.30. The van der Waals surface area contributed by atoms with Crippen molar-refractivity contribution in [3.05, 3.63) is 77.2 Å². The summed E-state index contributed by atoms with van der Waals surface area (Å²) < 4.78 is 5.28. The second-order valence-electron chi connectivity index (χ2n) is 6.32. The average molecular weight is 347 g/mol. The molecule has 0 saturated carbocycles. The Bertz CT molecular complexity index is 926. The predicted octanol–water partition coefficient (Wildman–Crippen LogP) is 4.03. The van der Waals surface area contributed by atoms with Gasteiger partial charge >= 0.3 is 0 Å². The third-order valence-electron chi connectivity index (χ3n) is 3.99. The third-order valence-corrected chi connectivity index (χ3v) is 3.99. The van der Waals surface area contributed by atoms with E-state index in [0.717, 1.165) is 16.7 Å². The molecule has 3 aromatic rings. The second kappa shape index (κ2) is 7.78. The van der Waals surface area contributed by atoms with Crippen molar-refractivity contribution in [1.29, 1.82) is 0 Å². The second-order valence-corrected chi connectivity index (χ2v) is 6.32. The van der Waals surface area contributed by atoms with Crippen LogP contribution in [-0.4, -0.2) is 28.0 Å². The molecule has 0 N–H and O–H groups in total. The maximum atomic E-state index is 12.3. The molecule has 0 spiro atoms. The molecule has 0 unspecified atom stereocenters. The van der Waals surface area contributed by atoms with E-state index in [9.17, 15) is 4.79 Å². The summed E-state index contributed by atoms with van der Waals surface area (Å²) in [5, 5.41) is 4.00. The molecule has 0 atom stereocenters. The Labute approximate surface area is 153 Å². The SMILES string of the molecule is Cc1ccc(C=CC(=O)N(C)Cc2nc(-c3cccc(C)c3)no2)cc1. The molecular weight excluding hydrogens is 326 g/mol. The topological polar surface area (TPSA) is 59.2 Å². The fourth-order valence-electron chi connectivity index (χ4n) is 2.47. The Balaban J connectivity index is 1.63. The largest absolute Gasteiger partial charge is 0.337 e. The highest BCUT2D eigenvalue weighted by molar-refractivity contribution is 5.91. The number of carbonyl (C=O) groups excluding carboxylic acids is 1. The Morgan fingerprint density at radius 3 is 2.62 bits per heavy atom. The van der Waals surface area contributed by atoms with Crippen molar-refractivity contribution in [2.45, 2.75) is 20.4 Å². The van der Waals surface area contributed by atoms with E-state index in [0.29, 0.717) is 11.7 Å². The van der Waals surface area contributed by atoms with Crippen molar-refractivity contribution < 1.29 is 9.32 Å². The van der Waals surface area contributed by atoms with Gasteiger partial charge in [0.25, 0.3) is 0 Å². The first-order valence-electron chi connectivity index (χ1n) is 8.41. The van der Waals surface area contributed by atoms with Crippen LogP contribution in [0, 0.1) is 13.8 Å². The monoisotopic (exact) mass is 347 g/mol. The zero-order valence-electron chi connectivity index (χ0n) is 15.1. The lowest BCUT2D eigenvalue weighted by atomic mass is 10.1. The zero-order valence-corrected chi connectivity index (χ0v) is 15.1. The van der Waals surface area contributed by atoms with Crippen LogP contribution in [0.3, 0.4) is 0 Å². The molecule has 0 bridgehead atoms. The minimum Gasteiger partial charge on any atom is -0.337 e. The van der Waals surface area contributed by atoms with E-state index < -0.39 is 0 Å². The number of aryl methyl sites for hydroxylation is 2. The minimum absolute atomic E-state index is 0.124. The van der Waals surface area contributed by atoms with E-state index in [1.54, 1.807) is 19.2 Å². The highest BCUT2D eigenvalue weighted by atomic mass is 16.5. The lowest BCUT2D eigenvalue weighted by Gasteiger charge is -2.11. The molecule has 0 aliphatic carbocycles. The number of likely N-dealkylation sites (N-methyl/N-ethyl adjacent to an activating group) is 1. The van der Waals surface area contributed by atoms with Gasteiger partial charge in [0, 0.05) is 18.7 Å².